The number of allylic oxidation sites excluding steroid dienone is 2. The molecule has 24 heavy (non-hydrogen) atoms. The summed E-state index contributed by atoms with van der Waals surface area (Å²) in [6.07, 6.45) is 11.7. The van der Waals surface area contributed by atoms with Gasteiger partial charge in [0, 0.05) is 6.04 Å². The quantitative estimate of drug-likeness (QED) is 0.743. The molecule has 4 nitrogen and oxygen atoms in total. The fraction of sp³-hybridized carbons (Fsp3) is 0.550. The van der Waals surface area contributed by atoms with Crippen molar-refractivity contribution >= 4 is 5.91 Å². The zero-order valence-corrected chi connectivity index (χ0v) is 14.8. The van der Waals surface area contributed by atoms with Crippen molar-refractivity contribution in [1.29, 1.82) is 0 Å². The maximum absolute atomic E-state index is 12.2. The molecule has 2 N–H and O–H groups in total. The third-order valence-corrected chi connectivity index (χ3v) is 4.80. The highest BCUT2D eigenvalue weighted by Gasteiger charge is 2.22. The normalized spacial score (nSPS) is 20.9. The van der Waals surface area contributed by atoms with Crippen LogP contribution in [0.5, 0.6) is 11.5 Å². The summed E-state index contributed by atoms with van der Waals surface area (Å²) in [6, 6.07) is 5.34. The van der Waals surface area contributed by atoms with Gasteiger partial charge in [-0.3, -0.25) is 4.79 Å². The van der Waals surface area contributed by atoms with E-state index in [1.165, 1.54) is 32.8 Å². The molecule has 1 saturated carbocycles. The van der Waals surface area contributed by atoms with Gasteiger partial charge in [0.1, 0.15) is 0 Å². The van der Waals surface area contributed by atoms with Gasteiger partial charge in [-0.2, -0.15) is 0 Å². The Morgan fingerprint density at radius 2 is 2.08 bits per heavy atom. The highest BCUT2D eigenvalue weighted by molar-refractivity contribution is 5.79. The van der Waals surface area contributed by atoms with Crippen LogP contribution in [0, 0.1) is 5.92 Å². The topological polar surface area (TPSA) is 58.6 Å². The van der Waals surface area contributed by atoms with Crippen molar-refractivity contribution in [3.63, 3.8) is 0 Å². The minimum Gasteiger partial charge on any atom is -0.504 e. The number of phenolic OH excluding ortho intramolecular Hbond substituents is 1. The highest BCUT2D eigenvalue weighted by atomic mass is 16.5. The lowest BCUT2D eigenvalue weighted by Gasteiger charge is -2.29. The molecule has 0 bridgehead atoms. The highest BCUT2D eigenvalue weighted by Crippen LogP contribution is 2.29. The number of hydrogen-bond donors (Lipinski definition) is 2. The van der Waals surface area contributed by atoms with Gasteiger partial charge in [-0.15, -0.1) is 0 Å². The van der Waals surface area contributed by atoms with Gasteiger partial charge in [0.2, 0.25) is 5.91 Å². The van der Waals surface area contributed by atoms with Gasteiger partial charge in [-0.25, -0.2) is 0 Å². The molecule has 1 fully saturated rings. The monoisotopic (exact) mass is 331 g/mol. The smallest absolute Gasteiger partial charge is 0.224 e. The number of carbonyl (C=O) groups excluding carboxylic acids is 1. The van der Waals surface area contributed by atoms with Crippen LogP contribution in [-0.2, 0) is 11.2 Å². The van der Waals surface area contributed by atoms with Crippen LogP contribution >= 0.6 is 0 Å². The molecular formula is C20H29NO3. The van der Waals surface area contributed by atoms with E-state index in [0.29, 0.717) is 18.2 Å². The van der Waals surface area contributed by atoms with E-state index in [9.17, 15) is 9.90 Å². The van der Waals surface area contributed by atoms with Gasteiger partial charge in [-0.1, -0.05) is 18.2 Å². The number of methoxy groups -OCH3 is 1. The first-order valence-corrected chi connectivity index (χ1v) is 8.88. The van der Waals surface area contributed by atoms with Crippen LogP contribution < -0.4 is 10.1 Å². The van der Waals surface area contributed by atoms with E-state index >= 15 is 0 Å². The first-order valence-electron chi connectivity index (χ1n) is 8.88. The molecule has 0 aliphatic heterocycles. The number of ether oxygens (including phenoxy) is 1. The predicted octanol–water partition coefficient (Wildman–Crippen LogP) is 3.97. The molecule has 1 amide bonds. The predicted molar refractivity (Wildman–Crippen MR) is 96.3 cm³/mol. The molecule has 0 spiro atoms. The van der Waals surface area contributed by atoms with Crippen molar-refractivity contribution in [2.24, 2.45) is 5.92 Å². The molecule has 1 aromatic carbocycles. The van der Waals surface area contributed by atoms with Crippen LogP contribution in [0.3, 0.4) is 0 Å². The summed E-state index contributed by atoms with van der Waals surface area (Å²) in [5.74, 6) is 1.34. The Labute approximate surface area is 144 Å². The van der Waals surface area contributed by atoms with Crippen molar-refractivity contribution < 1.29 is 14.6 Å². The summed E-state index contributed by atoms with van der Waals surface area (Å²) in [7, 11) is 1.51. The number of benzene rings is 1. The van der Waals surface area contributed by atoms with Crippen LogP contribution in [-0.4, -0.2) is 24.2 Å². The lowest BCUT2D eigenvalue weighted by molar-refractivity contribution is -0.121. The Kier molecular flexibility index (Phi) is 7.16. The van der Waals surface area contributed by atoms with E-state index in [4.69, 9.17) is 4.74 Å². The van der Waals surface area contributed by atoms with Gasteiger partial charge in [0.05, 0.1) is 13.5 Å². The van der Waals surface area contributed by atoms with Crippen molar-refractivity contribution in [1.82, 2.24) is 5.32 Å². The fourth-order valence-electron chi connectivity index (χ4n) is 3.39. The maximum atomic E-state index is 12.2. The van der Waals surface area contributed by atoms with Gasteiger partial charge in [-0.05, 0) is 69.1 Å². The fourth-order valence-corrected chi connectivity index (χ4v) is 3.39. The Balaban J connectivity index is 1.75. The largest absolute Gasteiger partial charge is 0.504 e. The van der Waals surface area contributed by atoms with E-state index in [-0.39, 0.29) is 11.7 Å². The van der Waals surface area contributed by atoms with Crippen molar-refractivity contribution in [3.05, 3.63) is 35.9 Å². The van der Waals surface area contributed by atoms with Crippen LogP contribution in [0.25, 0.3) is 0 Å². The molecule has 0 aromatic heterocycles. The van der Waals surface area contributed by atoms with Crippen molar-refractivity contribution in [3.8, 4) is 11.5 Å². The zero-order valence-electron chi connectivity index (χ0n) is 14.8. The van der Waals surface area contributed by atoms with Gasteiger partial charge >= 0.3 is 0 Å². The lowest BCUT2D eigenvalue weighted by Crippen LogP contribution is -2.38. The Bertz CT molecular complexity index is 560. The van der Waals surface area contributed by atoms with Crippen LogP contribution in [0.15, 0.2) is 30.4 Å². The van der Waals surface area contributed by atoms with Crippen LogP contribution in [0.4, 0.5) is 0 Å². The van der Waals surface area contributed by atoms with E-state index < -0.39 is 0 Å². The minimum absolute atomic E-state index is 0.0418. The third kappa shape index (κ3) is 5.59. The molecule has 0 unspecified atom stereocenters. The van der Waals surface area contributed by atoms with Gasteiger partial charge in [0.15, 0.2) is 11.5 Å². The molecule has 1 aromatic rings. The summed E-state index contributed by atoms with van der Waals surface area (Å²) in [6.45, 7) is 2.07. The van der Waals surface area contributed by atoms with Crippen molar-refractivity contribution in [2.75, 3.05) is 7.11 Å². The number of hydrogen-bond acceptors (Lipinski definition) is 3. The number of phenols is 1. The summed E-state index contributed by atoms with van der Waals surface area (Å²) < 4.78 is 5.08. The molecular weight excluding hydrogens is 302 g/mol. The Morgan fingerprint density at radius 1 is 1.33 bits per heavy atom. The van der Waals surface area contributed by atoms with Crippen molar-refractivity contribution in [2.45, 2.75) is 57.9 Å². The second kappa shape index (κ2) is 9.36. The average Bonchev–Trinajstić information content (AvgIpc) is 2.58. The molecule has 0 atom stereocenters. The van der Waals surface area contributed by atoms with E-state index in [2.05, 4.69) is 24.4 Å². The third-order valence-electron chi connectivity index (χ3n) is 4.80. The lowest BCUT2D eigenvalue weighted by atomic mass is 9.83. The molecule has 132 valence electrons. The molecule has 1 aliphatic carbocycles. The van der Waals surface area contributed by atoms with E-state index in [1.54, 1.807) is 18.2 Å². The molecule has 0 heterocycles. The molecule has 4 heteroatoms. The number of aromatic hydroxyl groups is 1. The zero-order chi connectivity index (χ0) is 17.4. The Morgan fingerprint density at radius 3 is 2.75 bits per heavy atom. The number of rotatable bonds is 7. The van der Waals surface area contributed by atoms with E-state index in [0.717, 1.165) is 24.3 Å². The number of amides is 1. The minimum atomic E-state index is 0.0418. The summed E-state index contributed by atoms with van der Waals surface area (Å²) in [4.78, 5) is 12.2. The number of carbonyl (C=O) groups is 1. The number of nitrogens with one attached hydrogen (secondary N) is 1. The van der Waals surface area contributed by atoms with Crippen LogP contribution in [0.2, 0.25) is 0 Å². The second-order valence-electron chi connectivity index (χ2n) is 6.61. The van der Waals surface area contributed by atoms with Gasteiger partial charge < -0.3 is 15.2 Å². The standard InChI is InChI=1S/C20H29NO3/c1-3-4-5-6-15-7-10-17(11-8-15)21-20(23)14-16-9-12-18(22)19(13-16)24-2/h3-4,9,12-13,15,17,22H,5-8,10-11,14H2,1-2H3,(H,21,23)/b4-3-. The summed E-state index contributed by atoms with van der Waals surface area (Å²) >= 11 is 0. The molecule has 0 radical (unpaired) electrons. The second-order valence-corrected chi connectivity index (χ2v) is 6.61. The van der Waals surface area contributed by atoms with Gasteiger partial charge in [0.25, 0.3) is 0 Å². The molecule has 1 aliphatic rings. The first kappa shape index (κ1) is 18.4. The maximum Gasteiger partial charge on any atom is 0.224 e. The molecule has 0 saturated heterocycles. The summed E-state index contributed by atoms with van der Waals surface area (Å²) in [5, 5.41) is 12.8. The van der Waals surface area contributed by atoms with Crippen LogP contribution in [0.1, 0.15) is 51.0 Å². The van der Waals surface area contributed by atoms with E-state index in [1.807, 2.05) is 0 Å². The SMILES string of the molecule is C/C=C\CCC1CCC(NC(=O)Cc2ccc(O)c(OC)c2)CC1. The average molecular weight is 331 g/mol. The summed E-state index contributed by atoms with van der Waals surface area (Å²) in [5.41, 5.74) is 0.849. The molecule has 2 rings (SSSR count). The Hall–Kier alpha value is -1.97. The first-order chi connectivity index (χ1) is 11.6.